The van der Waals surface area contributed by atoms with E-state index in [0.29, 0.717) is 10.8 Å². The molecule has 7 aromatic carbocycles. The van der Waals surface area contributed by atoms with Gasteiger partial charge in [0.25, 0.3) is 0 Å². The molecular weight excluding hydrogens is 1010 g/mol. The van der Waals surface area contributed by atoms with E-state index in [1.54, 1.807) is 24.3 Å². The fourth-order valence-corrected chi connectivity index (χ4v) is 9.58. The predicted molar refractivity (Wildman–Crippen MR) is 224 cm³/mol. The van der Waals surface area contributed by atoms with Gasteiger partial charge in [-0.15, -0.1) is 25.6 Å². The maximum atomic E-state index is 13.4. The van der Waals surface area contributed by atoms with Crippen molar-refractivity contribution in [1.29, 1.82) is 0 Å². The molecule has 0 saturated heterocycles. The van der Waals surface area contributed by atoms with Gasteiger partial charge in [-0.1, -0.05) is 42.5 Å². The number of hydrogen-bond donors (Lipinski definition) is 1. The Morgan fingerprint density at radius 2 is 0.956 bits per heavy atom. The monoisotopic (exact) mass is 1030 g/mol. The molecule has 1 aliphatic carbocycles. The van der Waals surface area contributed by atoms with E-state index in [0.717, 1.165) is 36.4 Å². The molecule has 68 heavy (non-hydrogen) atoms. The number of nitrogens with two attached hydrogens (primary N) is 1. The van der Waals surface area contributed by atoms with Crippen LogP contribution in [-0.2, 0) is 46.9 Å². The third kappa shape index (κ3) is 12.2. The smallest absolute Gasteiger partial charge is 0.744 e. The summed E-state index contributed by atoms with van der Waals surface area (Å²) in [5.74, 6) is -0.929. The Hall–Kier alpha value is -3.03. The maximum absolute atomic E-state index is 13.4. The van der Waals surface area contributed by atoms with Crippen LogP contribution < -0.4 is 124 Å². The van der Waals surface area contributed by atoms with Crippen molar-refractivity contribution >= 4 is 113 Å². The number of ketones is 1. The second kappa shape index (κ2) is 22.2. The van der Waals surface area contributed by atoms with Gasteiger partial charge in [-0.3, -0.25) is 4.79 Å². The molecule has 0 aromatic heterocycles. The summed E-state index contributed by atoms with van der Waals surface area (Å²) in [7, 11) is -20.6. The minimum absolute atomic E-state index is 0. The Bertz CT molecular complexity index is 3820. The molecule has 0 aliphatic heterocycles. The number of hydrogen-bond acceptors (Lipinski definition) is 20. The first kappa shape index (κ1) is 57.5. The third-order valence-corrected chi connectivity index (χ3v) is 13.4. The van der Waals surface area contributed by atoms with E-state index in [1.807, 2.05) is 0 Å². The van der Waals surface area contributed by atoms with Crippen molar-refractivity contribution in [3.63, 3.8) is 0 Å². The number of anilines is 1. The number of nitrogens with zero attached hydrogens (tertiary/aromatic N) is 6. The fourth-order valence-electron chi connectivity index (χ4n) is 6.98. The van der Waals surface area contributed by atoms with Gasteiger partial charge in [0.15, 0.2) is 0 Å². The van der Waals surface area contributed by atoms with E-state index in [4.69, 9.17) is 5.73 Å². The molecule has 7 aromatic rings. The van der Waals surface area contributed by atoms with Crippen LogP contribution in [0.15, 0.2) is 171 Å². The van der Waals surface area contributed by atoms with E-state index in [1.165, 1.54) is 54.6 Å². The van der Waals surface area contributed by atoms with Crippen molar-refractivity contribution in [3.8, 4) is 0 Å². The van der Waals surface area contributed by atoms with Gasteiger partial charge in [0, 0.05) is 50.0 Å². The molecule has 0 fully saturated rings. The number of Topliss-reactive ketones (excluding diaryl/α,β-unsaturated/α-hetero) is 1. The van der Waals surface area contributed by atoms with Crippen LogP contribution in [0.1, 0.15) is 15.9 Å². The van der Waals surface area contributed by atoms with Gasteiger partial charge in [-0.2, -0.15) is 5.11 Å². The fraction of sp³-hybridized carbons (Fsp3) is 0.0250. The molecule has 0 bridgehead atoms. The van der Waals surface area contributed by atoms with Crippen LogP contribution in [0.25, 0.3) is 32.3 Å². The largest absolute Gasteiger partial charge is 1.00 e. The Kier molecular flexibility index (Phi) is 18.8. The molecule has 0 spiro atoms. The molecule has 0 atom stereocenters. The number of fused-ring (bicyclic) bond motifs is 4. The van der Waals surface area contributed by atoms with Gasteiger partial charge >= 0.3 is 118 Å². The van der Waals surface area contributed by atoms with E-state index < -0.39 is 78.0 Å². The predicted octanol–water partition coefficient (Wildman–Crippen LogP) is -4.43. The van der Waals surface area contributed by atoms with Crippen molar-refractivity contribution in [2.75, 3.05) is 5.73 Å². The first-order valence-corrected chi connectivity index (χ1v) is 23.6. The van der Waals surface area contributed by atoms with Crippen LogP contribution in [-0.4, -0.2) is 57.7 Å². The molecule has 0 saturated carbocycles. The van der Waals surface area contributed by atoms with Gasteiger partial charge in [-0.25, -0.2) is 33.7 Å². The number of allylic oxidation sites excluding steroid dienone is 2. The summed E-state index contributed by atoms with van der Waals surface area (Å²) in [6, 6.07) is 24.9. The van der Waals surface area contributed by atoms with Crippen LogP contribution in [0.4, 0.5) is 34.1 Å². The molecule has 0 radical (unpaired) electrons. The number of nitrogen functional groups attached to an aromatic ring is 1. The molecule has 1 aliphatic rings. The zero-order valence-electron chi connectivity index (χ0n) is 35.9. The summed E-state index contributed by atoms with van der Waals surface area (Å²) < 4.78 is 145. The Morgan fingerprint density at radius 1 is 0.441 bits per heavy atom. The summed E-state index contributed by atoms with van der Waals surface area (Å²) in [5, 5.41) is 25.3. The summed E-state index contributed by atoms with van der Waals surface area (Å²) in [4.78, 5) is 10.3. The van der Waals surface area contributed by atoms with Crippen molar-refractivity contribution < 1.29 is 175 Å². The van der Waals surface area contributed by atoms with Crippen LogP contribution in [0.5, 0.6) is 0 Å². The standard InChI is InChI=1S/C40H27N7O13S4.4Na/c41-22-8-10-25-21(16-22)17-38(64(58,59)60)39(40(25)48)47-46-35-15-14-34(28-11-9-24(20-30(28)35)61(49,50)51)45-44-33-13-12-32(26-4-1-2-5-27(26)33)43-42-23-18-31-29(37(19-23)63(55,56)57)6-3-7-36(31)62(52,53)54;;;;/h1-16,18-20H,17,41H2,(H,49,50,51)(H,52,53,54)(H,55,56,57)(H,58,59,60);;;;/q;4*+1/p-4. The van der Waals surface area contributed by atoms with Gasteiger partial charge in [0.05, 0.1) is 48.0 Å². The molecule has 324 valence electrons. The Morgan fingerprint density at radius 3 is 1.50 bits per heavy atom. The molecule has 0 amide bonds. The Balaban J connectivity index is 0.00000252. The molecule has 2 N–H and O–H groups in total. The van der Waals surface area contributed by atoms with Gasteiger partial charge in [-0.05, 0) is 78.4 Å². The van der Waals surface area contributed by atoms with Gasteiger partial charge in [0.2, 0.25) is 5.78 Å². The van der Waals surface area contributed by atoms with E-state index in [2.05, 4.69) is 30.7 Å². The molecule has 0 heterocycles. The number of benzene rings is 7. The topological polar surface area (TPSA) is 346 Å². The summed E-state index contributed by atoms with van der Waals surface area (Å²) in [6.45, 7) is 0. The summed E-state index contributed by atoms with van der Waals surface area (Å²) in [6.07, 6.45) is -0.498. The van der Waals surface area contributed by atoms with Crippen molar-refractivity contribution in [1.82, 2.24) is 0 Å². The number of carbonyl (C=O) groups excluding carboxylic acids is 1. The second-order valence-corrected chi connectivity index (χ2v) is 19.3. The van der Waals surface area contributed by atoms with Gasteiger partial charge in [0.1, 0.15) is 46.2 Å². The zero-order chi connectivity index (χ0) is 45.9. The van der Waals surface area contributed by atoms with Crippen LogP contribution in [0.3, 0.4) is 0 Å². The molecule has 0 unspecified atom stereocenters. The first-order valence-electron chi connectivity index (χ1n) is 18.0. The average Bonchev–Trinajstić information content (AvgIpc) is 3.22. The molecular formula is C40H23N7Na4O13S4. The zero-order valence-corrected chi connectivity index (χ0v) is 47.1. The van der Waals surface area contributed by atoms with E-state index in [-0.39, 0.29) is 185 Å². The number of carbonyl (C=O) groups is 1. The van der Waals surface area contributed by atoms with Crippen molar-refractivity contribution in [3.05, 3.63) is 137 Å². The minimum Gasteiger partial charge on any atom is -0.744 e. The van der Waals surface area contributed by atoms with Crippen LogP contribution in [0, 0.1) is 0 Å². The van der Waals surface area contributed by atoms with Crippen LogP contribution >= 0.6 is 0 Å². The molecule has 28 heteroatoms. The van der Waals surface area contributed by atoms with E-state index in [9.17, 15) is 56.7 Å². The molecule has 20 nitrogen and oxygen atoms in total. The second-order valence-electron chi connectivity index (χ2n) is 13.9. The maximum Gasteiger partial charge on any atom is 1.00 e. The molecule has 8 rings (SSSR count). The van der Waals surface area contributed by atoms with E-state index >= 15 is 0 Å². The average molecular weight is 1030 g/mol. The quantitative estimate of drug-likeness (QED) is 0.0585. The number of azo groups is 3. The summed E-state index contributed by atoms with van der Waals surface area (Å²) >= 11 is 0. The normalized spacial score (nSPS) is 13.4. The number of rotatable bonds is 10. The Labute approximate surface area is 475 Å². The van der Waals surface area contributed by atoms with Crippen LogP contribution in [0.2, 0.25) is 0 Å². The third-order valence-electron chi connectivity index (χ3n) is 9.85. The van der Waals surface area contributed by atoms with Crippen molar-refractivity contribution in [2.24, 2.45) is 30.7 Å². The van der Waals surface area contributed by atoms with Gasteiger partial charge < -0.3 is 23.9 Å². The van der Waals surface area contributed by atoms with Crippen molar-refractivity contribution in [2.45, 2.75) is 21.1 Å². The first-order chi connectivity index (χ1) is 30.1. The minimum atomic E-state index is -5.23. The summed E-state index contributed by atoms with van der Waals surface area (Å²) in [5.41, 5.74) is 5.61. The SMILES string of the molecule is Nc1ccc2c(c1)CC(S(=O)(=O)[O-])=C(N=Nc1ccc(N=Nc3ccc(N=Nc4cc(S(=O)(=O)[O-])c5cccc(S(=O)(=O)[O-])c5c4)c4ccccc34)c3ccc(S(=O)(=O)[O-])cc13)C2=O.[Na+].[Na+].[Na+].[Na+].